The van der Waals surface area contributed by atoms with Gasteiger partial charge in [0.05, 0.1) is 0 Å². The number of rotatable bonds is 4. The zero-order chi connectivity index (χ0) is 10.9. The third kappa shape index (κ3) is 2.09. The van der Waals surface area contributed by atoms with Gasteiger partial charge in [0, 0.05) is 17.2 Å². The minimum atomic E-state index is 0.204. The Hall–Kier alpha value is -1.16. The van der Waals surface area contributed by atoms with Crippen molar-refractivity contribution in [2.75, 3.05) is 5.43 Å². The number of nitrogens with zero attached hydrogens (tertiary/aromatic N) is 2. The van der Waals surface area contributed by atoms with Crippen LogP contribution in [-0.4, -0.2) is 9.97 Å². The van der Waals surface area contributed by atoms with Gasteiger partial charge >= 0.3 is 0 Å². The molecule has 0 bridgehead atoms. The lowest BCUT2D eigenvalue weighted by Crippen LogP contribution is -2.15. The summed E-state index contributed by atoms with van der Waals surface area (Å²) < 4.78 is 0. The third-order valence-electron chi connectivity index (χ3n) is 2.97. The quantitative estimate of drug-likeness (QED) is 0.582. The number of hydrogen-bond donors (Lipinski definition) is 2. The molecule has 0 atom stereocenters. The molecule has 0 spiro atoms. The van der Waals surface area contributed by atoms with E-state index in [4.69, 9.17) is 5.84 Å². The standard InChI is InChI=1S/C11H18N4/c1-3-4-8-7-9(15-12)14-10(13-8)11(2)5-6-11/h7H,3-6,12H2,1-2H3,(H,13,14,15). The predicted molar refractivity (Wildman–Crippen MR) is 60.4 cm³/mol. The largest absolute Gasteiger partial charge is 0.308 e. The predicted octanol–water partition coefficient (Wildman–Crippen LogP) is 1.77. The molecule has 4 nitrogen and oxygen atoms in total. The van der Waals surface area contributed by atoms with E-state index in [0.717, 1.165) is 30.2 Å². The number of aryl methyl sites for hydroxylation is 1. The summed E-state index contributed by atoms with van der Waals surface area (Å²) in [5.41, 5.74) is 3.91. The molecule has 1 aromatic heterocycles. The lowest BCUT2D eigenvalue weighted by molar-refractivity contribution is 0.694. The van der Waals surface area contributed by atoms with Crippen LogP contribution in [0.1, 0.15) is 44.6 Å². The lowest BCUT2D eigenvalue weighted by Gasteiger charge is -2.11. The van der Waals surface area contributed by atoms with Crippen LogP contribution in [0.15, 0.2) is 6.07 Å². The van der Waals surface area contributed by atoms with Crippen molar-refractivity contribution in [2.24, 2.45) is 5.84 Å². The number of hydrogen-bond acceptors (Lipinski definition) is 4. The molecule has 0 saturated heterocycles. The summed E-state index contributed by atoms with van der Waals surface area (Å²) in [7, 11) is 0. The molecule has 1 aromatic rings. The minimum Gasteiger partial charge on any atom is -0.308 e. The van der Waals surface area contributed by atoms with Crippen LogP contribution in [0.5, 0.6) is 0 Å². The normalized spacial score (nSPS) is 17.5. The number of aromatic nitrogens is 2. The van der Waals surface area contributed by atoms with Gasteiger partial charge in [-0.2, -0.15) is 0 Å². The van der Waals surface area contributed by atoms with Crippen LogP contribution in [0.3, 0.4) is 0 Å². The van der Waals surface area contributed by atoms with E-state index >= 15 is 0 Å². The van der Waals surface area contributed by atoms with Gasteiger partial charge in [0.15, 0.2) is 0 Å². The van der Waals surface area contributed by atoms with E-state index in [-0.39, 0.29) is 5.41 Å². The summed E-state index contributed by atoms with van der Waals surface area (Å²) in [5, 5.41) is 0. The topological polar surface area (TPSA) is 63.8 Å². The van der Waals surface area contributed by atoms with E-state index in [1.54, 1.807) is 0 Å². The summed E-state index contributed by atoms with van der Waals surface area (Å²) in [5.74, 6) is 7.09. The summed E-state index contributed by atoms with van der Waals surface area (Å²) in [6.07, 6.45) is 4.45. The lowest BCUT2D eigenvalue weighted by atomic mass is 10.1. The van der Waals surface area contributed by atoms with E-state index in [1.807, 2.05) is 6.07 Å². The molecule has 0 aliphatic heterocycles. The van der Waals surface area contributed by atoms with Crippen LogP contribution < -0.4 is 11.3 Å². The molecule has 1 aliphatic carbocycles. The fourth-order valence-corrected chi connectivity index (χ4v) is 1.64. The van der Waals surface area contributed by atoms with Crippen molar-refractivity contribution in [2.45, 2.75) is 44.9 Å². The SMILES string of the molecule is CCCc1cc(NN)nc(C2(C)CC2)n1. The molecule has 0 amide bonds. The Labute approximate surface area is 90.3 Å². The van der Waals surface area contributed by atoms with Crippen molar-refractivity contribution >= 4 is 5.82 Å². The average Bonchev–Trinajstić information content (AvgIpc) is 2.98. The van der Waals surface area contributed by atoms with Crippen molar-refractivity contribution in [3.8, 4) is 0 Å². The Kier molecular flexibility index (Phi) is 2.61. The number of anilines is 1. The van der Waals surface area contributed by atoms with E-state index in [2.05, 4.69) is 29.2 Å². The second kappa shape index (κ2) is 3.77. The highest BCUT2D eigenvalue weighted by molar-refractivity contribution is 5.36. The first-order chi connectivity index (χ1) is 7.18. The first-order valence-electron chi connectivity index (χ1n) is 5.53. The molecule has 1 fully saturated rings. The van der Waals surface area contributed by atoms with E-state index in [0.29, 0.717) is 0 Å². The molecule has 82 valence electrons. The molecule has 1 heterocycles. The monoisotopic (exact) mass is 206 g/mol. The molecule has 15 heavy (non-hydrogen) atoms. The molecule has 4 heteroatoms. The van der Waals surface area contributed by atoms with Gasteiger partial charge in [-0.05, 0) is 19.3 Å². The fraction of sp³-hybridized carbons (Fsp3) is 0.636. The maximum Gasteiger partial charge on any atom is 0.143 e. The molecule has 0 unspecified atom stereocenters. The Morgan fingerprint density at radius 3 is 2.73 bits per heavy atom. The van der Waals surface area contributed by atoms with Crippen LogP contribution in [-0.2, 0) is 11.8 Å². The number of nitrogen functional groups attached to an aromatic ring is 1. The Balaban J connectivity index is 2.33. The van der Waals surface area contributed by atoms with Crippen LogP contribution in [0, 0.1) is 0 Å². The van der Waals surface area contributed by atoms with Gasteiger partial charge in [0.2, 0.25) is 0 Å². The molecule has 3 N–H and O–H groups in total. The van der Waals surface area contributed by atoms with Crippen molar-refractivity contribution in [1.29, 1.82) is 0 Å². The maximum atomic E-state index is 5.41. The summed E-state index contributed by atoms with van der Waals surface area (Å²) in [6, 6.07) is 1.93. The van der Waals surface area contributed by atoms with Crippen molar-refractivity contribution in [3.63, 3.8) is 0 Å². The molecular weight excluding hydrogens is 188 g/mol. The van der Waals surface area contributed by atoms with Gasteiger partial charge in [-0.25, -0.2) is 15.8 Å². The van der Waals surface area contributed by atoms with Crippen LogP contribution in [0.4, 0.5) is 5.82 Å². The van der Waals surface area contributed by atoms with Crippen molar-refractivity contribution in [1.82, 2.24) is 9.97 Å². The highest BCUT2D eigenvalue weighted by Crippen LogP contribution is 2.46. The second-order valence-corrected chi connectivity index (χ2v) is 4.52. The highest BCUT2D eigenvalue weighted by Gasteiger charge is 2.42. The number of nitrogens with two attached hydrogens (primary N) is 1. The summed E-state index contributed by atoms with van der Waals surface area (Å²) >= 11 is 0. The summed E-state index contributed by atoms with van der Waals surface area (Å²) in [4.78, 5) is 9.02. The Morgan fingerprint density at radius 1 is 1.47 bits per heavy atom. The van der Waals surface area contributed by atoms with E-state index < -0.39 is 0 Å². The molecule has 0 aromatic carbocycles. The third-order valence-corrected chi connectivity index (χ3v) is 2.97. The van der Waals surface area contributed by atoms with Gasteiger partial charge in [-0.3, -0.25) is 0 Å². The van der Waals surface area contributed by atoms with Gasteiger partial charge in [-0.1, -0.05) is 20.3 Å². The first kappa shape index (κ1) is 10.4. The molecule has 1 aliphatic rings. The summed E-state index contributed by atoms with van der Waals surface area (Å²) in [6.45, 7) is 4.36. The van der Waals surface area contributed by atoms with Gasteiger partial charge < -0.3 is 5.43 Å². The van der Waals surface area contributed by atoms with Gasteiger partial charge in [0.1, 0.15) is 11.6 Å². The van der Waals surface area contributed by atoms with Crippen LogP contribution in [0.25, 0.3) is 0 Å². The van der Waals surface area contributed by atoms with Crippen molar-refractivity contribution in [3.05, 3.63) is 17.6 Å². The maximum absolute atomic E-state index is 5.41. The van der Waals surface area contributed by atoms with E-state index in [1.165, 1.54) is 12.8 Å². The Morgan fingerprint density at radius 2 is 2.20 bits per heavy atom. The average molecular weight is 206 g/mol. The number of hydrazine groups is 1. The van der Waals surface area contributed by atoms with Crippen LogP contribution >= 0.6 is 0 Å². The smallest absolute Gasteiger partial charge is 0.143 e. The Bertz CT molecular complexity index is 358. The minimum absolute atomic E-state index is 0.204. The zero-order valence-corrected chi connectivity index (χ0v) is 9.38. The van der Waals surface area contributed by atoms with Crippen LogP contribution in [0.2, 0.25) is 0 Å². The van der Waals surface area contributed by atoms with Gasteiger partial charge in [0.25, 0.3) is 0 Å². The number of nitrogens with one attached hydrogen (secondary N) is 1. The first-order valence-corrected chi connectivity index (χ1v) is 5.53. The second-order valence-electron chi connectivity index (χ2n) is 4.52. The molecule has 0 radical (unpaired) electrons. The molecule has 2 rings (SSSR count). The molecular formula is C11H18N4. The highest BCUT2D eigenvalue weighted by atomic mass is 15.3. The van der Waals surface area contributed by atoms with Crippen molar-refractivity contribution < 1.29 is 0 Å². The zero-order valence-electron chi connectivity index (χ0n) is 9.38. The molecule has 1 saturated carbocycles. The fourth-order valence-electron chi connectivity index (χ4n) is 1.64. The van der Waals surface area contributed by atoms with Gasteiger partial charge in [-0.15, -0.1) is 0 Å². The van der Waals surface area contributed by atoms with E-state index in [9.17, 15) is 0 Å².